The maximum Gasteiger partial charge on any atom is 0.249 e. The minimum atomic E-state index is -0.301. The van der Waals surface area contributed by atoms with Crippen LogP contribution in [0.2, 0.25) is 0 Å². The van der Waals surface area contributed by atoms with Crippen LogP contribution in [0.25, 0.3) is 38.4 Å². The molecular weight excluding hydrogens is 416 g/mol. The van der Waals surface area contributed by atoms with Gasteiger partial charge in [-0.25, -0.2) is 0 Å². The molecule has 0 aliphatic carbocycles. The van der Waals surface area contributed by atoms with Crippen molar-refractivity contribution >= 4 is 39.0 Å². The van der Waals surface area contributed by atoms with Crippen LogP contribution in [-0.2, 0) is 4.79 Å². The number of anilines is 1. The van der Waals surface area contributed by atoms with E-state index < -0.39 is 0 Å². The van der Waals surface area contributed by atoms with Crippen LogP contribution >= 0.6 is 0 Å². The molecule has 0 radical (unpaired) electrons. The molecule has 1 amide bonds. The number of allylic oxidation sites excluding steroid dienone is 1. The van der Waals surface area contributed by atoms with Crippen molar-refractivity contribution < 1.29 is 18.5 Å². The van der Waals surface area contributed by atoms with Gasteiger partial charge in [-0.1, -0.05) is 41.6 Å². The number of carbonyl (C=O) groups is 1. The lowest BCUT2D eigenvalue weighted by atomic mass is 9.97. The lowest BCUT2D eigenvalue weighted by molar-refractivity contribution is -0.111. The van der Waals surface area contributed by atoms with E-state index in [-0.39, 0.29) is 5.91 Å². The van der Waals surface area contributed by atoms with Crippen LogP contribution in [-0.4, -0.2) is 18.2 Å². The molecule has 5 aromatic rings. The van der Waals surface area contributed by atoms with Gasteiger partial charge in [0.1, 0.15) is 17.1 Å². The van der Waals surface area contributed by atoms with Gasteiger partial charge in [-0.2, -0.15) is 0 Å². The normalized spacial score (nSPS) is 11.8. The molecule has 0 unspecified atom stereocenters. The highest BCUT2D eigenvalue weighted by molar-refractivity contribution is 6.05. The fourth-order valence-electron chi connectivity index (χ4n) is 3.97. The number of carbonyl (C=O) groups excluding carboxylic acids is 1. The van der Waals surface area contributed by atoms with E-state index in [0.29, 0.717) is 22.9 Å². The summed E-state index contributed by atoms with van der Waals surface area (Å²) in [6.45, 7) is 3.63. The zero-order valence-electron chi connectivity index (χ0n) is 18.5. The first-order valence-corrected chi connectivity index (χ1v) is 10.5. The summed E-state index contributed by atoms with van der Waals surface area (Å²) in [5.74, 6) is 1.32. The molecular formula is C27H22N2O4. The number of aryl methyl sites for hydroxylation is 1. The summed E-state index contributed by atoms with van der Waals surface area (Å²) in [6, 6.07) is 20.1. The van der Waals surface area contributed by atoms with Gasteiger partial charge in [-0.05, 0) is 47.9 Å². The van der Waals surface area contributed by atoms with Crippen molar-refractivity contribution in [2.75, 3.05) is 12.4 Å². The van der Waals surface area contributed by atoms with E-state index in [4.69, 9.17) is 13.7 Å². The summed E-state index contributed by atoms with van der Waals surface area (Å²) in [4.78, 5) is 12.5. The van der Waals surface area contributed by atoms with Gasteiger partial charge in [0.15, 0.2) is 5.82 Å². The standard InChI is InChI=1S/C27H22N2O4/c1-16(10-27(30)28-26-11-17(2)33-29-26)21-13-22-23(15-32-25(22)14-24(21)31-3)20-9-8-18-6-4-5-7-19(18)12-20/h4-15H,1-3H3,(H,28,29,30)/b16-10+. The second kappa shape index (κ2) is 8.31. The van der Waals surface area contributed by atoms with E-state index in [9.17, 15) is 4.79 Å². The van der Waals surface area contributed by atoms with Crippen molar-refractivity contribution in [1.29, 1.82) is 0 Å². The SMILES string of the molecule is COc1cc2occ(-c3ccc4ccccc4c3)c2cc1/C(C)=C/C(=O)Nc1cc(C)on1. The molecule has 0 saturated heterocycles. The summed E-state index contributed by atoms with van der Waals surface area (Å²) in [6.07, 6.45) is 3.28. The third kappa shape index (κ3) is 3.99. The summed E-state index contributed by atoms with van der Waals surface area (Å²) in [5.41, 5.74) is 4.31. The maximum atomic E-state index is 12.5. The Morgan fingerprint density at radius 3 is 2.64 bits per heavy atom. The zero-order valence-corrected chi connectivity index (χ0v) is 18.5. The molecule has 6 nitrogen and oxygen atoms in total. The van der Waals surface area contributed by atoms with E-state index in [1.807, 2.05) is 31.2 Å². The Morgan fingerprint density at radius 2 is 1.88 bits per heavy atom. The highest BCUT2D eigenvalue weighted by Crippen LogP contribution is 2.38. The van der Waals surface area contributed by atoms with Crippen LogP contribution in [0.3, 0.4) is 0 Å². The van der Waals surface area contributed by atoms with E-state index in [2.05, 4.69) is 40.8 Å². The number of hydrogen-bond donors (Lipinski definition) is 1. The van der Waals surface area contributed by atoms with Crippen molar-refractivity contribution in [1.82, 2.24) is 5.16 Å². The van der Waals surface area contributed by atoms with E-state index in [1.54, 1.807) is 26.4 Å². The molecule has 0 atom stereocenters. The molecule has 0 fully saturated rings. The molecule has 1 N–H and O–H groups in total. The largest absolute Gasteiger partial charge is 0.496 e. The van der Waals surface area contributed by atoms with Crippen LogP contribution in [0.15, 0.2) is 81.9 Å². The van der Waals surface area contributed by atoms with Crippen molar-refractivity contribution in [3.8, 4) is 16.9 Å². The predicted molar refractivity (Wildman–Crippen MR) is 129 cm³/mol. The van der Waals surface area contributed by atoms with Gasteiger partial charge in [0.05, 0.1) is 13.4 Å². The molecule has 0 bridgehead atoms. The summed E-state index contributed by atoms with van der Waals surface area (Å²) >= 11 is 0. The number of nitrogens with one attached hydrogen (secondary N) is 1. The first-order chi connectivity index (χ1) is 16.0. The van der Waals surface area contributed by atoms with Gasteiger partial charge in [-0.3, -0.25) is 4.79 Å². The molecule has 3 aromatic carbocycles. The van der Waals surface area contributed by atoms with Gasteiger partial charge >= 0.3 is 0 Å². The molecule has 33 heavy (non-hydrogen) atoms. The lowest BCUT2D eigenvalue weighted by Gasteiger charge is -2.10. The number of hydrogen-bond acceptors (Lipinski definition) is 5. The third-order valence-corrected chi connectivity index (χ3v) is 5.61. The van der Waals surface area contributed by atoms with Gasteiger partial charge in [0.2, 0.25) is 5.91 Å². The molecule has 164 valence electrons. The number of nitrogens with zero attached hydrogens (tertiary/aromatic N) is 1. The number of fused-ring (bicyclic) bond motifs is 2. The zero-order chi connectivity index (χ0) is 22.9. The minimum Gasteiger partial charge on any atom is -0.496 e. The van der Waals surface area contributed by atoms with Gasteiger partial charge in [0.25, 0.3) is 0 Å². The van der Waals surface area contributed by atoms with Gasteiger partial charge < -0.3 is 19.0 Å². The lowest BCUT2D eigenvalue weighted by Crippen LogP contribution is -2.08. The van der Waals surface area contributed by atoms with E-state index >= 15 is 0 Å². The number of ether oxygens (including phenoxy) is 1. The van der Waals surface area contributed by atoms with Gasteiger partial charge in [0, 0.05) is 34.7 Å². The summed E-state index contributed by atoms with van der Waals surface area (Å²) in [7, 11) is 1.60. The Bertz CT molecular complexity index is 1520. The average molecular weight is 438 g/mol. The maximum absolute atomic E-state index is 12.5. The fourth-order valence-corrected chi connectivity index (χ4v) is 3.97. The quantitative estimate of drug-likeness (QED) is 0.313. The number of rotatable bonds is 5. The third-order valence-electron chi connectivity index (χ3n) is 5.61. The Morgan fingerprint density at radius 1 is 1.06 bits per heavy atom. The molecule has 0 spiro atoms. The Hall–Kier alpha value is -4.32. The number of furan rings is 1. The second-order valence-electron chi connectivity index (χ2n) is 7.90. The molecule has 0 aliphatic heterocycles. The second-order valence-corrected chi connectivity index (χ2v) is 7.90. The average Bonchev–Trinajstić information content (AvgIpc) is 3.42. The minimum absolute atomic E-state index is 0.301. The number of aromatic nitrogens is 1. The predicted octanol–water partition coefficient (Wildman–Crippen LogP) is 6.60. The summed E-state index contributed by atoms with van der Waals surface area (Å²) in [5, 5.41) is 9.80. The topological polar surface area (TPSA) is 77.5 Å². The Balaban J connectivity index is 1.55. The van der Waals surface area contributed by atoms with Crippen LogP contribution in [0, 0.1) is 6.92 Å². The van der Waals surface area contributed by atoms with Crippen molar-refractivity contribution in [2.45, 2.75) is 13.8 Å². The number of amides is 1. The molecule has 0 saturated carbocycles. The van der Waals surface area contributed by atoms with Crippen LogP contribution < -0.4 is 10.1 Å². The first kappa shape index (κ1) is 20.6. The highest BCUT2D eigenvalue weighted by Gasteiger charge is 2.15. The highest BCUT2D eigenvalue weighted by atomic mass is 16.5. The molecule has 2 heterocycles. The van der Waals surface area contributed by atoms with E-state index in [1.165, 1.54) is 11.5 Å². The molecule has 6 heteroatoms. The van der Waals surface area contributed by atoms with Crippen molar-refractivity contribution in [2.24, 2.45) is 0 Å². The molecule has 0 aliphatic rings. The molecule has 2 aromatic heterocycles. The fraction of sp³-hybridized carbons (Fsp3) is 0.111. The van der Waals surface area contributed by atoms with E-state index in [0.717, 1.165) is 33.0 Å². The summed E-state index contributed by atoms with van der Waals surface area (Å²) < 4.78 is 16.4. The Labute approximate surface area is 190 Å². The number of benzene rings is 3. The van der Waals surface area contributed by atoms with Crippen molar-refractivity contribution in [3.05, 3.63) is 84.3 Å². The van der Waals surface area contributed by atoms with Crippen LogP contribution in [0.4, 0.5) is 5.82 Å². The smallest absolute Gasteiger partial charge is 0.249 e. The monoisotopic (exact) mass is 438 g/mol. The van der Waals surface area contributed by atoms with Crippen LogP contribution in [0.1, 0.15) is 18.2 Å². The molecule has 5 rings (SSSR count). The Kier molecular flexibility index (Phi) is 5.18. The van der Waals surface area contributed by atoms with Crippen LogP contribution in [0.5, 0.6) is 5.75 Å². The van der Waals surface area contributed by atoms with Crippen molar-refractivity contribution in [3.63, 3.8) is 0 Å². The first-order valence-electron chi connectivity index (χ1n) is 10.5. The van der Waals surface area contributed by atoms with Gasteiger partial charge in [-0.15, -0.1) is 0 Å². The number of methoxy groups -OCH3 is 1.